The Bertz CT molecular complexity index is 317. The van der Waals surface area contributed by atoms with E-state index in [0.29, 0.717) is 11.8 Å². The van der Waals surface area contributed by atoms with Gasteiger partial charge in [0.2, 0.25) is 0 Å². The van der Waals surface area contributed by atoms with Gasteiger partial charge in [0.05, 0.1) is 0 Å². The highest BCUT2D eigenvalue weighted by molar-refractivity contribution is 5.27. The van der Waals surface area contributed by atoms with Gasteiger partial charge in [-0.25, -0.2) is 0 Å². The minimum atomic E-state index is 0.0150. The second kappa shape index (κ2) is 5.32. The molecule has 0 aliphatic heterocycles. The molecule has 16 heavy (non-hydrogen) atoms. The normalized spacial score (nSPS) is 18.8. The number of hydrogen-bond donors (Lipinski definition) is 3. The number of nitrogens with one attached hydrogen (secondary N) is 1. The van der Waals surface area contributed by atoms with Crippen LogP contribution < -0.4 is 11.1 Å². The summed E-state index contributed by atoms with van der Waals surface area (Å²) >= 11 is 0. The summed E-state index contributed by atoms with van der Waals surface area (Å²) in [5.41, 5.74) is 7.15. The Balaban J connectivity index is 1.82. The van der Waals surface area contributed by atoms with Crippen molar-refractivity contribution in [1.82, 2.24) is 5.32 Å². The smallest absolute Gasteiger partial charge is 0.115 e. The van der Waals surface area contributed by atoms with Crippen LogP contribution in [0.4, 0.5) is 0 Å². The van der Waals surface area contributed by atoms with Crippen molar-refractivity contribution >= 4 is 0 Å². The summed E-state index contributed by atoms with van der Waals surface area (Å²) in [7, 11) is 0. The minimum absolute atomic E-state index is 0.0150. The van der Waals surface area contributed by atoms with Crippen molar-refractivity contribution in [3.8, 4) is 5.75 Å². The maximum absolute atomic E-state index is 9.18. The van der Waals surface area contributed by atoms with Crippen LogP contribution in [0.15, 0.2) is 24.3 Å². The largest absolute Gasteiger partial charge is 0.508 e. The Labute approximate surface area is 96.7 Å². The molecule has 0 amide bonds. The summed E-state index contributed by atoms with van der Waals surface area (Å²) in [4.78, 5) is 0. The van der Waals surface area contributed by atoms with Gasteiger partial charge in [0.15, 0.2) is 0 Å². The minimum Gasteiger partial charge on any atom is -0.508 e. The fraction of sp³-hybridized carbons (Fsp3) is 0.538. The first-order chi connectivity index (χ1) is 7.75. The number of aromatic hydroxyl groups is 1. The zero-order valence-electron chi connectivity index (χ0n) is 9.52. The first-order valence-electron chi connectivity index (χ1n) is 6.03. The molecule has 0 aromatic heterocycles. The molecule has 1 aliphatic rings. The van der Waals surface area contributed by atoms with E-state index in [-0.39, 0.29) is 6.04 Å². The summed E-state index contributed by atoms with van der Waals surface area (Å²) in [6.07, 6.45) is 5.24. The van der Waals surface area contributed by atoms with E-state index >= 15 is 0 Å². The third-order valence-electron chi connectivity index (χ3n) is 3.30. The van der Waals surface area contributed by atoms with Gasteiger partial charge in [0, 0.05) is 18.6 Å². The fourth-order valence-corrected chi connectivity index (χ4v) is 2.26. The summed E-state index contributed by atoms with van der Waals surface area (Å²) in [6, 6.07) is 7.81. The quantitative estimate of drug-likeness (QED) is 0.726. The molecule has 1 aromatic carbocycles. The molecule has 1 fully saturated rings. The van der Waals surface area contributed by atoms with Gasteiger partial charge in [-0.2, -0.15) is 0 Å². The molecular weight excluding hydrogens is 200 g/mol. The van der Waals surface area contributed by atoms with Gasteiger partial charge < -0.3 is 16.2 Å². The lowest BCUT2D eigenvalue weighted by molar-refractivity contribution is 0.473. The third kappa shape index (κ3) is 2.97. The molecule has 1 atom stereocenters. The van der Waals surface area contributed by atoms with Gasteiger partial charge >= 0.3 is 0 Å². The molecule has 2 rings (SSSR count). The van der Waals surface area contributed by atoms with Crippen molar-refractivity contribution in [2.75, 3.05) is 6.54 Å². The Morgan fingerprint density at radius 1 is 1.25 bits per heavy atom. The molecular formula is C13H20N2O. The van der Waals surface area contributed by atoms with Crippen LogP contribution in [0.2, 0.25) is 0 Å². The maximum atomic E-state index is 9.18. The van der Waals surface area contributed by atoms with Crippen molar-refractivity contribution in [3.05, 3.63) is 29.8 Å². The molecule has 1 unspecified atom stereocenters. The van der Waals surface area contributed by atoms with Crippen LogP contribution in [-0.2, 0) is 0 Å². The third-order valence-corrected chi connectivity index (χ3v) is 3.30. The Hall–Kier alpha value is -1.06. The molecule has 0 saturated heterocycles. The maximum Gasteiger partial charge on any atom is 0.115 e. The zero-order valence-corrected chi connectivity index (χ0v) is 9.52. The average molecular weight is 220 g/mol. The standard InChI is InChI=1S/C13H20N2O/c14-13(9-15-11-3-1-2-4-11)10-5-7-12(16)8-6-10/h5-8,11,13,15-16H,1-4,9,14H2. The highest BCUT2D eigenvalue weighted by Gasteiger charge is 2.15. The summed E-state index contributed by atoms with van der Waals surface area (Å²) in [6.45, 7) is 0.815. The van der Waals surface area contributed by atoms with E-state index in [1.54, 1.807) is 12.1 Å². The van der Waals surface area contributed by atoms with Crippen LogP contribution in [0.1, 0.15) is 37.3 Å². The van der Waals surface area contributed by atoms with Gasteiger partial charge in [0.1, 0.15) is 5.75 Å². The number of hydrogen-bond acceptors (Lipinski definition) is 3. The van der Waals surface area contributed by atoms with Crippen molar-refractivity contribution in [2.45, 2.75) is 37.8 Å². The van der Waals surface area contributed by atoms with E-state index < -0.39 is 0 Å². The molecule has 3 heteroatoms. The van der Waals surface area contributed by atoms with Gasteiger partial charge in [-0.3, -0.25) is 0 Å². The molecule has 0 heterocycles. The summed E-state index contributed by atoms with van der Waals surface area (Å²) in [5, 5.41) is 12.7. The zero-order chi connectivity index (χ0) is 11.4. The SMILES string of the molecule is NC(CNC1CCCC1)c1ccc(O)cc1. The van der Waals surface area contributed by atoms with E-state index in [1.807, 2.05) is 12.1 Å². The number of phenolic OH excluding ortho intramolecular Hbond substituents is 1. The van der Waals surface area contributed by atoms with Gasteiger partial charge in [0.25, 0.3) is 0 Å². The Morgan fingerprint density at radius 3 is 2.50 bits per heavy atom. The first-order valence-corrected chi connectivity index (χ1v) is 6.03. The molecule has 1 saturated carbocycles. The lowest BCUT2D eigenvalue weighted by Gasteiger charge is -2.17. The van der Waals surface area contributed by atoms with Crippen LogP contribution in [-0.4, -0.2) is 17.7 Å². The Kier molecular flexibility index (Phi) is 3.80. The van der Waals surface area contributed by atoms with E-state index in [4.69, 9.17) is 5.73 Å². The van der Waals surface area contributed by atoms with Crippen molar-refractivity contribution in [3.63, 3.8) is 0 Å². The van der Waals surface area contributed by atoms with E-state index in [0.717, 1.165) is 12.1 Å². The predicted molar refractivity (Wildman–Crippen MR) is 65.3 cm³/mol. The van der Waals surface area contributed by atoms with Gasteiger partial charge in [-0.05, 0) is 30.5 Å². The number of rotatable bonds is 4. The summed E-state index contributed by atoms with van der Waals surface area (Å²) in [5.74, 6) is 0.291. The van der Waals surface area contributed by atoms with Crippen LogP contribution >= 0.6 is 0 Å². The van der Waals surface area contributed by atoms with Crippen LogP contribution in [0.3, 0.4) is 0 Å². The Morgan fingerprint density at radius 2 is 1.88 bits per heavy atom. The highest BCUT2D eigenvalue weighted by atomic mass is 16.3. The fourth-order valence-electron chi connectivity index (χ4n) is 2.26. The van der Waals surface area contributed by atoms with Crippen molar-refractivity contribution < 1.29 is 5.11 Å². The molecule has 88 valence electrons. The average Bonchev–Trinajstić information content (AvgIpc) is 2.80. The van der Waals surface area contributed by atoms with Crippen molar-refractivity contribution in [2.24, 2.45) is 5.73 Å². The monoisotopic (exact) mass is 220 g/mol. The van der Waals surface area contributed by atoms with E-state index in [1.165, 1.54) is 25.7 Å². The number of nitrogens with two attached hydrogens (primary N) is 1. The van der Waals surface area contributed by atoms with E-state index in [9.17, 15) is 5.11 Å². The van der Waals surface area contributed by atoms with Crippen LogP contribution in [0, 0.1) is 0 Å². The molecule has 1 aliphatic carbocycles. The second-order valence-corrected chi connectivity index (χ2v) is 4.59. The predicted octanol–water partition coefficient (Wildman–Crippen LogP) is 1.92. The van der Waals surface area contributed by atoms with Gasteiger partial charge in [-0.15, -0.1) is 0 Å². The molecule has 0 bridgehead atoms. The first kappa shape index (κ1) is 11.4. The number of phenols is 1. The lowest BCUT2D eigenvalue weighted by Crippen LogP contribution is -2.33. The molecule has 4 N–H and O–H groups in total. The van der Waals surface area contributed by atoms with Gasteiger partial charge in [-0.1, -0.05) is 25.0 Å². The molecule has 3 nitrogen and oxygen atoms in total. The second-order valence-electron chi connectivity index (χ2n) is 4.59. The van der Waals surface area contributed by atoms with Crippen molar-refractivity contribution in [1.29, 1.82) is 0 Å². The lowest BCUT2D eigenvalue weighted by atomic mass is 10.1. The molecule has 0 spiro atoms. The topological polar surface area (TPSA) is 58.3 Å². The number of benzene rings is 1. The van der Waals surface area contributed by atoms with Crippen LogP contribution in [0.25, 0.3) is 0 Å². The summed E-state index contributed by atoms with van der Waals surface area (Å²) < 4.78 is 0. The molecule has 1 aromatic rings. The molecule has 0 radical (unpaired) electrons. The van der Waals surface area contributed by atoms with Crippen LogP contribution in [0.5, 0.6) is 5.75 Å². The van der Waals surface area contributed by atoms with E-state index in [2.05, 4.69) is 5.32 Å². The highest BCUT2D eigenvalue weighted by Crippen LogP contribution is 2.19.